The Morgan fingerprint density at radius 2 is 1.62 bits per heavy atom. The standard InChI is InChI=1S/C18H15F3N4O4/c19-18(20,21)12-3-5-13(6-4-12)24-16(27)17(28)25-23-9-11-1-7-14(8-2-11)29-10-15(22)26/h1-9H,10H2,(H2,22,26)(H,24,27)(H,25,28)/b23-9+. The van der Waals surface area contributed by atoms with E-state index in [2.05, 4.69) is 10.4 Å². The number of benzene rings is 2. The van der Waals surface area contributed by atoms with Gasteiger partial charge in [-0.25, -0.2) is 5.43 Å². The smallest absolute Gasteiger partial charge is 0.416 e. The predicted octanol–water partition coefficient (Wildman–Crippen LogP) is 1.66. The zero-order valence-corrected chi connectivity index (χ0v) is 14.7. The fraction of sp³-hybridized carbons (Fsp3) is 0.111. The van der Waals surface area contributed by atoms with Gasteiger partial charge >= 0.3 is 18.0 Å². The number of hydrogen-bond acceptors (Lipinski definition) is 5. The van der Waals surface area contributed by atoms with Crippen molar-refractivity contribution in [2.75, 3.05) is 11.9 Å². The van der Waals surface area contributed by atoms with Crippen molar-refractivity contribution in [2.24, 2.45) is 10.8 Å². The van der Waals surface area contributed by atoms with Gasteiger partial charge in [-0.2, -0.15) is 18.3 Å². The molecule has 3 amide bonds. The van der Waals surface area contributed by atoms with Gasteiger partial charge in [0.2, 0.25) is 0 Å². The fourth-order valence-electron chi connectivity index (χ4n) is 1.95. The number of rotatable bonds is 6. The van der Waals surface area contributed by atoms with Gasteiger partial charge in [0.25, 0.3) is 5.91 Å². The van der Waals surface area contributed by atoms with Crippen LogP contribution in [0.25, 0.3) is 0 Å². The second-order valence-corrected chi connectivity index (χ2v) is 5.55. The first-order chi connectivity index (χ1) is 13.6. The Morgan fingerprint density at radius 3 is 2.17 bits per heavy atom. The summed E-state index contributed by atoms with van der Waals surface area (Å²) in [7, 11) is 0. The van der Waals surface area contributed by atoms with E-state index in [1.54, 1.807) is 24.3 Å². The summed E-state index contributed by atoms with van der Waals surface area (Å²) in [4.78, 5) is 34.0. The van der Waals surface area contributed by atoms with Crippen LogP contribution in [0.3, 0.4) is 0 Å². The molecule has 0 fully saturated rings. The highest BCUT2D eigenvalue weighted by molar-refractivity contribution is 6.39. The Labute approximate surface area is 162 Å². The molecular weight excluding hydrogens is 393 g/mol. The summed E-state index contributed by atoms with van der Waals surface area (Å²) < 4.78 is 42.5. The molecule has 2 aromatic carbocycles. The normalized spacial score (nSPS) is 11.1. The summed E-state index contributed by atoms with van der Waals surface area (Å²) in [6.07, 6.45) is -3.25. The lowest BCUT2D eigenvalue weighted by molar-refractivity contribution is -0.137. The van der Waals surface area contributed by atoms with E-state index in [0.717, 1.165) is 24.3 Å². The topological polar surface area (TPSA) is 123 Å². The lowest BCUT2D eigenvalue weighted by Crippen LogP contribution is -2.32. The molecule has 0 aliphatic rings. The van der Waals surface area contributed by atoms with Crippen molar-refractivity contribution in [3.63, 3.8) is 0 Å². The van der Waals surface area contributed by atoms with E-state index in [0.29, 0.717) is 11.3 Å². The number of nitrogens with one attached hydrogen (secondary N) is 2. The number of hydrazone groups is 1. The molecule has 29 heavy (non-hydrogen) atoms. The number of anilines is 1. The second-order valence-electron chi connectivity index (χ2n) is 5.55. The van der Waals surface area contributed by atoms with E-state index in [4.69, 9.17) is 10.5 Å². The number of nitrogens with zero attached hydrogens (tertiary/aromatic N) is 1. The largest absolute Gasteiger partial charge is 0.484 e. The lowest BCUT2D eigenvalue weighted by atomic mass is 10.2. The van der Waals surface area contributed by atoms with Gasteiger partial charge in [0.15, 0.2) is 6.61 Å². The summed E-state index contributed by atoms with van der Waals surface area (Å²) in [6.45, 7) is -0.266. The molecule has 0 saturated carbocycles. The van der Waals surface area contributed by atoms with Crippen molar-refractivity contribution >= 4 is 29.6 Å². The summed E-state index contributed by atoms with van der Waals surface area (Å²) in [6, 6.07) is 9.86. The van der Waals surface area contributed by atoms with Crippen LogP contribution in [0.4, 0.5) is 18.9 Å². The van der Waals surface area contributed by atoms with Crippen LogP contribution in [0, 0.1) is 0 Å². The highest BCUT2D eigenvalue weighted by Crippen LogP contribution is 2.29. The van der Waals surface area contributed by atoms with Gasteiger partial charge in [-0.1, -0.05) is 0 Å². The maximum Gasteiger partial charge on any atom is 0.416 e. The maximum absolute atomic E-state index is 12.5. The molecular formula is C18H15F3N4O4. The van der Waals surface area contributed by atoms with Gasteiger partial charge in [-0.05, 0) is 54.1 Å². The van der Waals surface area contributed by atoms with Crippen LogP contribution in [-0.4, -0.2) is 30.5 Å². The first kappa shape index (κ1) is 21.4. The molecule has 0 unspecified atom stereocenters. The number of halogens is 3. The van der Waals surface area contributed by atoms with Crippen molar-refractivity contribution < 1.29 is 32.3 Å². The molecule has 0 aromatic heterocycles. The molecule has 0 heterocycles. The average molecular weight is 408 g/mol. The van der Waals surface area contributed by atoms with Gasteiger partial charge in [0.05, 0.1) is 11.8 Å². The van der Waals surface area contributed by atoms with Gasteiger partial charge < -0.3 is 15.8 Å². The number of carbonyl (C=O) groups is 3. The molecule has 0 bridgehead atoms. The van der Waals surface area contributed by atoms with E-state index in [1.807, 2.05) is 5.43 Å². The van der Waals surface area contributed by atoms with Crippen molar-refractivity contribution in [1.82, 2.24) is 5.43 Å². The monoisotopic (exact) mass is 408 g/mol. The number of ether oxygens (including phenoxy) is 1. The highest BCUT2D eigenvalue weighted by atomic mass is 19.4. The Balaban J connectivity index is 1.85. The van der Waals surface area contributed by atoms with E-state index in [-0.39, 0.29) is 12.3 Å². The van der Waals surface area contributed by atoms with Crippen LogP contribution >= 0.6 is 0 Å². The molecule has 0 saturated heterocycles. The maximum atomic E-state index is 12.5. The van der Waals surface area contributed by atoms with Crippen molar-refractivity contribution in [3.8, 4) is 5.75 Å². The Morgan fingerprint density at radius 1 is 1.00 bits per heavy atom. The number of nitrogens with two attached hydrogens (primary N) is 1. The first-order valence-electron chi connectivity index (χ1n) is 7.98. The Bertz CT molecular complexity index is 910. The summed E-state index contributed by atoms with van der Waals surface area (Å²) >= 11 is 0. The van der Waals surface area contributed by atoms with E-state index in [9.17, 15) is 27.6 Å². The molecule has 0 aliphatic heterocycles. The van der Waals surface area contributed by atoms with Gasteiger partial charge in [0, 0.05) is 5.69 Å². The minimum absolute atomic E-state index is 0.0219. The third kappa shape index (κ3) is 6.97. The van der Waals surface area contributed by atoms with Gasteiger partial charge in [0.1, 0.15) is 5.75 Å². The molecule has 152 valence electrons. The predicted molar refractivity (Wildman–Crippen MR) is 96.9 cm³/mol. The SMILES string of the molecule is NC(=O)COc1ccc(/C=N/NC(=O)C(=O)Nc2ccc(C(F)(F)F)cc2)cc1. The van der Waals surface area contributed by atoms with Crippen molar-refractivity contribution in [2.45, 2.75) is 6.18 Å². The Kier molecular flexibility index (Phi) is 6.90. The third-order valence-electron chi connectivity index (χ3n) is 3.32. The van der Waals surface area contributed by atoms with Crippen LogP contribution in [0.5, 0.6) is 5.75 Å². The molecule has 8 nitrogen and oxygen atoms in total. The van der Waals surface area contributed by atoms with Crippen LogP contribution < -0.4 is 21.2 Å². The summed E-state index contributed by atoms with van der Waals surface area (Å²) in [5.74, 6) is -2.42. The van der Waals surface area contributed by atoms with E-state index >= 15 is 0 Å². The number of primary amides is 1. The van der Waals surface area contributed by atoms with Crippen molar-refractivity contribution in [1.29, 1.82) is 0 Å². The fourth-order valence-corrected chi connectivity index (χ4v) is 1.95. The van der Waals surface area contributed by atoms with Crippen molar-refractivity contribution in [3.05, 3.63) is 59.7 Å². The first-order valence-corrected chi connectivity index (χ1v) is 7.98. The second kappa shape index (κ2) is 9.35. The van der Waals surface area contributed by atoms with E-state index < -0.39 is 29.5 Å². The zero-order valence-electron chi connectivity index (χ0n) is 14.7. The minimum Gasteiger partial charge on any atom is -0.484 e. The molecule has 0 radical (unpaired) electrons. The molecule has 2 rings (SSSR count). The number of carbonyl (C=O) groups excluding carboxylic acids is 3. The molecule has 0 atom stereocenters. The quantitative estimate of drug-likeness (QED) is 0.382. The van der Waals surface area contributed by atoms with Gasteiger partial charge in [-0.3, -0.25) is 14.4 Å². The van der Waals surface area contributed by atoms with Crippen LogP contribution in [0.15, 0.2) is 53.6 Å². The minimum atomic E-state index is -4.50. The number of amides is 3. The van der Waals surface area contributed by atoms with Crippen LogP contribution in [0.1, 0.15) is 11.1 Å². The lowest BCUT2D eigenvalue weighted by Gasteiger charge is -2.08. The molecule has 2 aromatic rings. The summed E-state index contributed by atoms with van der Waals surface area (Å²) in [5, 5.41) is 5.76. The number of alkyl halides is 3. The molecule has 0 spiro atoms. The molecule has 4 N–H and O–H groups in total. The zero-order chi connectivity index (χ0) is 21.4. The summed E-state index contributed by atoms with van der Waals surface area (Å²) in [5.41, 5.74) is 6.64. The Hall–Kier alpha value is -3.89. The van der Waals surface area contributed by atoms with Crippen LogP contribution in [-0.2, 0) is 20.6 Å². The highest BCUT2D eigenvalue weighted by Gasteiger charge is 2.30. The third-order valence-corrected chi connectivity index (χ3v) is 3.32. The van der Waals surface area contributed by atoms with Gasteiger partial charge in [-0.15, -0.1) is 0 Å². The van der Waals surface area contributed by atoms with Crippen LogP contribution in [0.2, 0.25) is 0 Å². The average Bonchev–Trinajstić information content (AvgIpc) is 2.67. The van der Waals surface area contributed by atoms with E-state index in [1.165, 1.54) is 6.21 Å². The molecule has 0 aliphatic carbocycles. The molecule has 11 heteroatoms. The number of hydrogen-bond donors (Lipinski definition) is 3.